The molecule has 1 N–H and O–H groups in total. The molecular formula is C12H20N4O3. The van der Waals surface area contributed by atoms with Gasteiger partial charge in [0.15, 0.2) is 0 Å². The molecule has 0 bridgehead atoms. The fourth-order valence-electron chi connectivity index (χ4n) is 2.32. The highest BCUT2D eigenvalue weighted by molar-refractivity contribution is 5.28. The van der Waals surface area contributed by atoms with E-state index in [1.54, 1.807) is 14.2 Å². The molecule has 1 aromatic rings. The first-order chi connectivity index (χ1) is 9.30. The van der Waals surface area contributed by atoms with E-state index in [1.165, 1.54) is 12.8 Å². The molecule has 7 nitrogen and oxygen atoms in total. The molecule has 2 fully saturated rings. The van der Waals surface area contributed by atoms with Gasteiger partial charge in [0, 0.05) is 20.3 Å². The maximum atomic E-state index is 5.66. The summed E-state index contributed by atoms with van der Waals surface area (Å²) in [7, 11) is 3.39. The molecule has 0 amide bonds. The molecule has 7 heteroatoms. The van der Waals surface area contributed by atoms with Gasteiger partial charge in [0.25, 0.3) is 0 Å². The molecule has 0 spiro atoms. The van der Waals surface area contributed by atoms with Crippen molar-refractivity contribution in [2.75, 3.05) is 32.2 Å². The molecule has 1 aliphatic heterocycles. The van der Waals surface area contributed by atoms with Gasteiger partial charge in [-0.3, -0.25) is 0 Å². The Morgan fingerprint density at radius 3 is 2.47 bits per heavy atom. The van der Waals surface area contributed by atoms with E-state index in [1.807, 2.05) is 4.90 Å². The maximum absolute atomic E-state index is 5.66. The highest BCUT2D eigenvalue weighted by Gasteiger charge is 2.35. The molecule has 19 heavy (non-hydrogen) atoms. The van der Waals surface area contributed by atoms with Crippen molar-refractivity contribution in [3.8, 4) is 0 Å². The maximum Gasteiger partial charge on any atom is 0.318 e. The Hall–Kier alpha value is -1.18. The predicted molar refractivity (Wildman–Crippen MR) is 68.0 cm³/mol. The Morgan fingerprint density at radius 1 is 1.21 bits per heavy atom. The molecule has 2 heterocycles. The number of hydrogen-bond acceptors (Lipinski definition) is 7. The van der Waals surface area contributed by atoms with Crippen LogP contribution in [-0.4, -0.2) is 55.8 Å². The Morgan fingerprint density at radius 2 is 1.89 bits per heavy atom. The number of methoxy groups -OCH3 is 2. The zero-order valence-corrected chi connectivity index (χ0v) is 11.3. The van der Waals surface area contributed by atoms with Gasteiger partial charge < -0.3 is 24.1 Å². The van der Waals surface area contributed by atoms with Gasteiger partial charge in [-0.05, 0) is 12.8 Å². The number of hydrogen-bond donors (Lipinski definition) is 1. The summed E-state index contributed by atoms with van der Waals surface area (Å²) in [5.41, 5.74) is 0. The molecule has 0 radical (unpaired) electrons. The summed E-state index contributed by atoms with van der Waals surface area (Å²) in [6.07, 6.45) is 2.59. The first-order valence-electron chi connectivity index (χ1n) is 6.66. The molecule has 3 rings (SSSR count). The second kappa shape index (κ2) is 5.44. The van der Waals surface area contributed by atoms with E-state index in [-0.39, 0.29) is 12.2 Å². The Labute approximate surface area is 112 Å². The quantitative estimate of drug-likeness (QED) is 0.788. The number of anilines is 1. The molecule has 2 aliphatic rings. The fourth-order valence-corrected chi connectivity index (χ4v) is 2.32. The number of aromatic nitrogens is 2. The third-order valence-electron chi connectivity index (χ3n) is 3.67. The molecule has 1 aromatic heterocycles. The van der Waals surface area contributed by atoms with E-state index in [0.29, 0.717) is 37.6 Å². The average molecular weight is 268 g/mol. The van der Waals surface area contributed by atoms with Crippen LogP contribution >= 0.6 is 0 Å². The van der Waals surface area contributed by atoms with Gasteiger partial charge in [-0.2, -0.15) is 0 Å². The lowest BCUT2D eigenvalue weighted by Crippen LogP contribution is -2.27. The van der Waals surface area contributed by atoms with Gasteiger partial charge in [-0.15, -0.1) is 5.10 Å². The number of nitrogens with one attached hydrogen (secondary N) is 1. The second-order valence-electron chi connectivity index (χ2n) is 5.09. The lowest BCUT2D eigenvalue weighted by molar-refractivity contribution is -0.00461. The minimum Gasteiger partial charge on any atom is -0.407 e. The minimum absolute atomic E-state index is 0.0462. The Kier molecular flexibility index (Phi) is 3.67. The van der Waals surface area contributed by atoms with E-state index < -0.39 is 0 Å². The van der Waals surface area contributed by atoms with Crippen molar-refractivity contribution in [2.24, 2.45) is 0 Å². The van der Waals surface area contributed by atoms with Gasteiger partial charge in [0.1, 0.15) is 12.2 Å². The monoisotopic (exact) mass is 268 g/mol. The number of rotatable bonds is 6. The van der Waals surface area contributed by atoms with Crippen molar-refractivity contribution >= 4 is 6.01 Å². The van der Waals surface area contributed by atoms with Gasteiger partial charge >= 0.3 is 6.01 Å². The highest BCUT2D eigenvalue weighted by atomic mass is 16.5. The SMILES string of the molecule is COC1CN(c2nnc(CNC3CC3)o2)CC1OC. The van der Waals surface area contributed by atoms with Gasteiger partial charge in [0.2, 0.25) is 5.89 Å². The van der Waals surface area contributed by atoms with Crippen LogP contribution in [-0.2, 0) is 16.0 Å². The molecule has 0 aromatic carbocycles. The highest BCUT2D eigenvalue weighted by Crippen LogP contribution is 2.23. The third-order valence-corrected chi connectivity index (χ3v) is 3.67. The van der Waals surface area contributed by atoms with Crippen LogP contribution in [0.15, 0.2) is 4.42 Å². The Bertz CT molecular complexity index is 409. The van der Waals surface area contributed by atoms with E-state index >= 15 is 0 Å². The van der Waals surface area contributed by atoms with Gasteiger partial charge in [-0.1, -0.05) is 5.10 Å². The summed E-state index contributed by atoms with van der Waals surface area (Å²) >= 11 is 0. The standard InChI is InChI=1S/C12H20N4O3/c1-17-9-6-16(7-10(9)18-2)12-15-14-11(19-12)5-13-8-3-4-8/h8-10,13H,3-7H2,1-2H3. The van der Waals surface area contributed by atoms with Crippen LogP contribution in [0.2, 0.25) is 0 Å². The van der Waals surface area contributed by atoms with Crippen LogP contribution in [0.1, 0.15) is 18.7 Å². The van der Waals surface area contributed by atoms with Crippen molar-refractivity contribution in [2.45, 2.75) is 37.6 Å². The van der Waals surface area contributed by atoms with Crippen molar-refractivity contribution in [1.82, 2.24) is 15.5 Å². The summed E-state index contributed by atoms with van der Waals surface area (Å²) in [5.74, 6) is 0.636. The zero-order chi connectivity index (χ0) is 13.2. The second-order valence-corrected chi connectivity index (χ2v) is 5.09. The van der Waals surface area contributed by atoms with Crippen LogP contribution in [0.25, 0.3) is 0 Å². The van der Waals surface area contributed by atoms with Crippen molar-refractivity contribution in [3.05, 3.63) is 5.89 Å². The third kappa shape index (κ3) is 2.88. The zero-order valence-electron chi connectivity index (χ0n) is 11.3. The van der Waals surface area contributed by atoms with E-state index in [9.17, 15) is 0 Å². The first-order valence-corrected chi connectivity index (χ1v) is 6.66. The van der Waals surface area contributed by atoms with E-state index in [2.05, 4.69) is 15.5 Å². The van der Waals surface area contributed by atoms with E-state index in [0.717, 1.165) is 0 Å². The van der Waals surface area contributed by atoms with Crippen molar-refractivity contribution in [3.63, 3.8) is 0 Å². The predicted octanol–water partition coefficient (Wildman–Crippen LogP) is 0.172. The lowest BCUT2D eigenvalue weighted by atomic mass is 10.3. The van der Waals surface area contributed by atoms with Crippen LogP contribution in [0.5, 0.6) is 0 Å². The van der Waals surface area contributed by atoms with Gasteiger partial charge in [0.05, 0.1) is 19.6 Å². The van der Waals surface area contributed by atoms with Crippen LogP contribution < -0.4 is 10.2 Å². The van der Waals surface area contributed by atoms with Crippen LogP contribution in [0.4, 0.5) is 6.01 Å². The molecule has 2 atom stereocenters. The summed E-state index contributed by atoms with van der Waals surface area (Å²) in [6, 6.07) is 1.19. The topological polar surface area (TPSA) is 72.7 Å². The van der Waals surface area contributed by atoms with Crippen LogP contribution in [0.3, 0.4) is 0 Å². The molecular weight excluding hydrogens is 248 g/mol. The molecule has 1 saturated carbocycles. The summed E-state index contributed by atoms with van der Waals surface area (Å²) in [6.45, 7) is 2.08. The van der Waals surface area contributed by atoms with Crippen molar-refractivity contribution in [1.29, 1.82) is 0 Å². The average Bonchev–Trinajstić information content (AvgIpc) is 2.99. The molecule has 1 aliphatic carbocycles. The van der Waals surface area contributed by atoms with Gasteiger partial charge in [-0.25, -0.2) is 0 Å². The minimum atomic E-state index is 0.0462. The van der Waals surface area contributed by atoms with Crippen LogP contribution in [0, 0.1) is 0 Å². The first kappa shape index (κ1) is 12.8. The summed E-state index contributed by atoms with van der Waals surface area (Å²) in [5, 5.41) is 11.5. The number of nitrogens with zero attached hydrogens (tertiary/aromatic N) is 3. The Balaban J connectivity index is 1.59. The summed E-state index contributed by atoms with van der Waals surface area (Å²) in [4.78, 5) is 2.01. The lowest BCUT2D eigenvalue weighted by Gasteiger charge is -2.13. The molecule has 1 saturated heterocycles. The van der Waals surface area contributed by atoms with E-state index in [4.69, 9.17) is 13.9 Å². The number of ether oxygens (including phenoxy) is 2. The normalized spacial score (nSPS) is 27.2. The largest absolute Gasteiger partial charge is 0.407 e. The summed E-state index contributed by atoms with van der Waals surface area (Å²) < 4.78 is 16.4. The molecule has 2 unspecified atom stereocenters. The molecule has 106 valence electrons. The smallest absolute Gasteiger partial charge is 0.318 e. The fraction of sp³-hybridized carbons (Fsp3) is 0.833. The van der Waals surface area contributed by atoms with Crippen molar-refractivity contribution < 1.29 is 13.9 Å².